The fraction of sp³-hybridized carbons (Fsp3) is 0.450. The molecule has 1 aromatic heterocycles. The lowest BCUT2D eigenvalue weighted by atomic mass is 10.1. The van der Waals surface area contributed by atoms with Gasteiger partial charge in [-0.25, -0.2) is 0 Å². The van der Waals surface area contributed by atoms with Crippen molar-refractivity contribution in [1.82, 2.24) is 14.8 Å². The van der Waals surface area contributed by atoms with Crippen LogP contribution in [0.15, 0.2) is 48.8 Å². The lowest BCUT2D eigenvalue weighted by Crippen LogP contribution is -2.48. The van der Waals surface area contributed by atoms with Crippen LogP contribution >= 0.6 is 0 Å². The van der Waals surface area contributed by atoms with E-state index in [-0.39, 0.29) is 0 Å². The molecular formula is C20H27N3O2. The Balaban J connectivity index is 1.52. The highest BCUT2D eigenvalue weighted by atomic mass is 16.5. The predicted molar refractivity (Wildman–Crippen MR) is 98.6 cm³/mol. The molecule has 2 atom stereocenters. The smallest absolute Gasteiger partial charge is 0.119 e. The van der Waals surface area contributed by atoms with Gasteiger partial charge in [0.05, 0.1) is 13.2 Å². The van der Waals surface area contributed by atoms with Gasteiger partial charge in [0.25, 0.3) is 0 Å². The van der Waals surface area contributed by atoms with Crippen LogP contribution in [0.25, 0.3) is 0 Å². The van der Waals surface area contributed by atoms with Crippen molar-refractivity contribution in [3.8, 4) is 5.75 Å². The van der Waals surface area contributed by atoms with Gasteiger partial charge < -0.3 is 9.84 Å². The second-order valence-electron chi connectivity index (χ2n) is 6.59. The van der Waals surface area contributed by atoms with E-state index in [2.05, 4.69) is 27.8 Å². The summed E-state index contributed by atoms with van der Waals surface area (Å²) >= 11 is 0. The number of ether oxygens (including phenoxy) is 1. The zero-order chi connectivity index (χ0) is 17.6. The number of aliphatic hydroxyl groups excluding tert-OH is 1. The number of hydrogen-bond donors (Lipinski definition) is 1. The molecule has 2 aromatic rings. The molecule has 1 aromatic carbocycles. The molecule has 2 heterocycles. The minimum Gasteiger partial charge on any atom is -0.497 e. The summed E-state index contributed by atoms with van der Waals surface area (Å²) in [4.78, 5) is 9.03. The van der Waals surface area contributed by atoms with Crippen molar-refractivity contribution < 1.29 is 9.84 Å². The number of β-amino-alcohol motifs (C(OH)–C–C–N with tert-alkyl or cyclic N) is 1. The van der Waals surface area contributed by atoms with Crippen LogP contribution in [0.1, 0.15) is 30.2 Å². The highest BCUT2D eigenvalue weighted by Crippen LogP contribution is 2.23. The van der Waals surface area contributed by atoms with Gasteiger partial charge in [0, 0.05) is 51.2 Å². The Morgan fingerprint density at radius 2 is 1.88 bits per heavy atom. The van der Waals surface area contributed by atoms with Crippen molar-refractivity contribution in [3.63, 3.8) is 0 Å². The van der Waals surface area contributed by atoms with Crippen molar-refractivity contribution >= 4 is 0 Å². The number of rotatable bonds is 6. The number of piperazine rings is 1. The molecule has 5 heteroatoms. The first-order chi connectivity index (χ1) is 12.2. The summed E-state index contributed by atoms with van der Waals surface area (Å²) in [6, 6.07) is 12.2. The minimum atomic E-state index is -0.489. The number of methoxy groups -OCH3 is 1. The molecule has 0 unspecified atom stereocenters. The molecule has 5 nitrogen and oxygen atoms in total. The van der Waals surface area contributed by atoms with Crippen LogP contribution in [-0.4, -0.2) is 59.7 Å². The normalized spacial score (nSPS) is 18.7. The van der Waals surface area contributed by atoms with Crippen LogP contribution in [0.2, 0.25) is 0 Å². The summed E-state index contributed by atoms with van der Waals surface area (Å²) in [5.74, 6) is 0.784. The van der Waals surface area contributed by atoms with Gasteiger partial charge in [-0.3, -0.25) is 14.8 Å². The third-order valence-corrected chi connectivity index (χ3v) is 5.03. The van der Waals surface area contributed by atoms with E-state index in [1.54, 1.807) is 7.11 Å². The van der Waals surface area contributed by atoms with Gasteiger partial charge in [-0.2, -0.15) is 0 Å². The number of benzene rings is 1. The number of aliphatic hydroxyl groups is 1. The molecule has 25 heavy (non-hydrogen) atoms. The number of nitrogens with zero attached hydrogens (tertiary/aromatic N) is 3. The molecular weight excluding hydrogens is 314 g/mol. The second kappa shape index (κ2) is 8.43. The highest BCUT2D eigenvalue weighted by molar-refractivity contribution is 5.30. The van der Waals surface area contributed by atoms with E-state index in [1.807, 2.05) is 42.7 Å². The first-order valence-electron chi connectivity index (χ1n) is 8.85. The fourth-order valence-corrected chi connectivity index (χ4v) is 3.37. The molecule has 0 bridgehead atoms. The van der Waals surface area contributed by atoms with Gasteiger partial charge in [-0.1, -0.05) is 18.2 Å². The van der Waals surface area contributed by atoms with Gasteiger partial charge in [0.15, 0.2) is 0 Å². The third-order valence-electron chi connectivity index (χ3n) is 5.03. The Kier molecular flexibility index (Phi) is 6.02. The van der Waals surface area contributed by atoms with E-state index in [0.717, 1.165) is 37.5 Å². The third kappa shape index (κ3) is 4.57. The van der Waals surface area contributed by atoms with Crippen LogP contribution in [0, 0.1) is 0 Å². The quantitative estimate of drug-likeness (QED) is 0.875. The molecule has 1 saturated heterocycles. The van der Waals surface area contributed by atoms with Gasteiger partial charge in [0.1, 0.15) is 5.75 Å². The van der Waals surface area contributed by atoms with Crippen LogP contribution in [-0.2, 0) is 0 Å². The lowest BCUT2D eigenvalue weighted by Gasteiger charge is -2.38. The van der Waals surface area contributed by atoms with Gasteiger partial charge in [-0.15, -0.1) is 0 Å². The zero-order valence-electron chi connectivity index (χ0n) is 15.0. The molecule has 0 amide bonds. The van der Waals surface area contributed by atoms with E-state index < -0.39 is 6.10 Å². The van der Waals surface area contributed by atoms with Crippen molar-refractivity contribution in [3.05, 3.63) is 59.9 Å². The van der Waals surface area contributed by atoms with Crippen molar-refractivity contribution in [2.45, 2.75) is 19.1 Å². The average molecular weight is 341 g/mol. The Bertz CT molecular complexity index is 657. The van der Waals surface area contributed by atoms with E-state index in [1.165, 1.54) is 5.56 Å². The topological polar surface area (TPSA) is 48.8 Å². The molecule has 134 valence electrons. The van der Waals surface area contributed by atoms with Crippen molar-refractivity contribution in [1.29, 1.82) is 0 Å². The number of aromatic nitrogens is 1. The van der Waals surface area contributed by atoms with Crippen molar-refractivity contribution in [2.24, 2.45) is 0 Å². The average Bonchev–Trinajstić information content (AvgIpc) is 2.68. The minimum absolute atomic E-state index is 0.374. The molecule has 3 rings (SSSR count). The first-order valence-corrected chi connectivity index (χ1v) is 8.85. The summed E-state index contributed by atoms with van der Waals surface area (Å²) in [6.45, 7) is 6.82. The van der Waals surface area contributed by atoms with Gasteiger partial charge in [-0.05, 0) is 36.2 Å². The van der Waals surface area contributed by atoms with E-state index in [4.69, 9.17) is 4.74 Å². The van der Waals surface area contributed by atoms with E-state index in [0.29, 0.717) is 12.6 Å². The SMILES string of the molecule is COc1cccc([C@H](O)CN2CCN([C@@H](C)c3cccnc3)CC2)c1. The first kappa shape index (κ1) is 17.9. The summed E-state index contributed by atoms with van der Waals surface area (Å²) in [7, 11) is 1.65. The monoisotopic (exact) mass is 341 g/mol. The van der Waals surface area contributed by atoms with Crippen molar-refractivity contribution in [2.75, 3.05) is 39.8 Å². The fourth-order valence-electron chi connectivity index (χ4n) is 3.37. The van der Waals surface area contributed by atoms with Crippen LogP contribution in [0.5, 0.6) is 5.75 Å². The summed E-state index contributed by atoms with van der Waals surface area (Å²) < 4.78 is 5.24. The second-order valence-corrected chi connectivity index (χ2v) is 6.59. The summed E-state index contributed by atoms with van der Waals surface area (Å²) in [5.41, 5.74) is 2.16. The Morgan fingerprint density at radius 1 is 1.12 bits per heavy atom. The Hall–Kier alpha value is -1.95. The van der Waals surface area contributed by atoms with Gasteiger partial charge >= 0.3 is 0 Å². The summed E-state index contributed by atoms with van der Waals surface area (Å²) in [6.07, 6.45) is 3.27. The molecule has 0 saturated carbocycles. The van der Waals surface area contributed by atoms with Gasteiger partial charge in [0.2, 0.25) is 0 Å². The number of hydrogen-bond acceptors (Lipinski definition) is 5. The van der Waals surface area contributed by atoms with Crippen LogP contribution in [0.3, 0.4) is 0 Å². The standard InChI is InChI=1S/C20H27N3O2/c1-16(18-6-4-8-21-14-18)23-11-9-22(10-12-23)15-20(24)17-5-3-7-19(13-17)25-2/h3-8,13-14,16,20,24H,9-12,15H2,1-2H3/t16-,20+/m0/s1. The van der Waals surface area contributed by atoms with Crippen LogP contribution < -0.4 is 4.74 Å². The molecule has 1 aliphatic heterocycles. The number of pyridine rings is 1. The van der Waals surface area contributed by atoms with Crippen LogP contribution in [0.4, 0.5) is 0 Å². The van der Waals surface area contributed by atoms with E-state index >= 15 is 0 Å². The molecule has 0 spiro atoms. The molecule has 1 aliphatic rings. The maximum Gasteiger partial charge on any atom is 0.119 e. The predicted octanol–water partition coefficient (Wildman–Crippen LogP) is 2.50. The molecule has 0 radical (unpaired) electrons. The Labute approximate surface area is 149 Å². The largest absolute Gasteiger partial charge is 0.497 e. The maximum absolute atomic E-state index is 10.5. The lowest BCUT2D eigenvalue weighted by molar-refractivity contribution is 0.0588. The molecule has 1 fully saturated rings. The summed E-state index contributed by atoms with van der Waals surface area (Å²) in [5, 5.41) is 10.5. The van der Waals surface area contributed by atoms with E-state index in [9.17, 15) is 5.11 Å². The molecule has 1 N–H and O–H groups in total. The zero-order valence-corrected chi connectivity index (χ0v) is 15.0. The highest BCUT2D eigenvalue weighted by Gasteiger charge is 2.23. The molecule has 0 aliphatic carbocycles. The Morgan fingerprint density at radius 3 is 2.56 bits per heavy atom. The maximum atomic E-state index is 10.5.